The summed E-state index contributed by atoms with van der Waals surface area (Å²) >= 11 is 0. The fraction of sp³-hybridized carbons (Fsp3) is 0.0833. The summed E-state index contributed by atoms with van der Waals surface area (Å²) in [6, 6.07) is 10.6. The van der Waals surface area contributed by atoms with Crippen molar-refractivity contribution in [2.75, 3.05) is 5.32 Å². The molecule has 2 rings (SSSR count). The lowest BCUT2D eigenvalue weighted by atomic mass is 10.2. The van der Waals surface area contributed by atoms with Crippen LogP contribution in [-0.2, 0) is 6.54 Å². The number of nitrogens with zero attached hydrogens (tertiary/aromatic N) is 2. The lowest BCUT2D eigenvalue weighted by Gasteiger charge is -2.06. The number of hydrogen-bond donors (Lipinski definition) is 1. The number of nitrogens with one attached hydrogen (secondary N) is 1. The van der Waals surface area contributed by atoms with Gasteiger partial charge in [0.05, 0.1) is 11.0 Å². The van der Waals surface area contributed by atoms with Crippen molar-refractivity contribution in [1.29, 1.82) is 0 Å². The van der Waals surface area contributed by atoms with Crippen LogP contribution in [0.2, 0.25) is 0 Å². The molecule has 6 nitrogen and oxygen atoms in total. The van der Waals surface area contributed by atoms with Crippen LogP contribution in [0.15, 0.2) is 48.8 Å². The van der Waals surface area contributed by atoms with Gasteiger partial charge in [-0.25, -0.2) is 0 Å². The third kappa shape index (κ3) is 2.73. The van der Waals surface area contributed by atoms with Gasteiger partial charge in [-0.2, -0.15) is 4.73 Å². The van der Waals surface area contributed by atoms with E-state index < -0.39 is 4.92 Å². The summed E-state index contributed by atoms with van der Waals surface area (Å²) in [6.45, 7) is 0.422. The molecule has 1 heterocycles. The molecule has 0 amide bonds. The van der Waals surface area contributed by atoms with Gasteiger partial charge in [0.2, 0.25) is 6.20 Å². The summed E-state index contributed by atoms with van der Waals surface area (Å²) in [6.07, 6.45) is 2.26. The monoisotopic (exact) mass is 245 g/mol. The smallest absolute Gasteiger partial charge is 0.304 e. The van der Waals surface area contributed by atoms with E-state index in [9.17, 15) is 15.3 Å². The Morgan fingerprint density at radius 1 is 1.22 bits per heavy atom. The van der Waals surface area contributed by atoms with E-state index in [1.54, 1.807) is 0 Å². The van der Waals surface area contributed by atoms with Gasteiger partial charge in [0.1, 0.15) is 0 Å². The fourth-order valence-corrected chi connectivity index (χ4v) is 1.56. The zero-order valence-electron chi connectivity index (χ0n) is 9.45. The van der Waals surface area contributed by atoms with Crippen molar-refractivity contribution in [1.82, 2.24) is 0 Å². The third-order valence-electron chi connectivity index (χ3n) is 2.43. The number of anilines is 1. The summed E-state index contributed by atoms with van der Waals surface area (Å²) in [7, 11) is 0. The van der Waals surface area contributed by atoms with Crippen molar-refractivity contribution < 1.29 is 9.65 Å². The minimum Gasteiger partial charge on any atom is -0.619 e. The van der Waals surface area contributed by atoms with Crippen molar-refractivity contribution in [3.63, 3.8) is 0 Å². The zero-order chi connectivity index (χ0) is 13.0. The molecule has 0 saturated carbocycles. The lowest BCUT2D eigenvalue weighted by molar-refractivity contribution is -0.605. The van der Waals surface area contributed by atoms with Crippen LogP contribution >= 0.6 is 0 Å². The predicted molar refractivity (Wildman–Crippen MR) is 65.8 cm³/mol. The number of benzene rings is 1. The van der Waals surface area contributed by atoms with Crippen molar-refractivity contribution in [3.05, 3.63) is 69.7 Å². The van der Waals surface area contributed by atoms with Gasteiger partial charge in [-0.3, -0.25) is 10.1 Å². The standard InChI is InChI=1S/C12H11N3O3/c16-14-7-6-12(15(17)18)11(9-14)13-8-10-4-2-1-3-5-10/h1-7,9,13H,8H2. The molecular formula is C12H11N3O3. The number of rotatable bonds is 4. The van der Waals surface area contributed by atoms with E-state index in [0.717, 1.165) is 18.0 Å². The Kier molecular flexibility index (Phi) is 3.38. The first-order valence-electron chi connectivity index (χ1n) is 5.32. The van der Waals surface area contributed by atoms with Gasteiger partial charge >= 0.3 is 5.69 Å². The van der Waals surface area contributed by atoms with E-state index in [0.29, 0.717) is 11.3 Å². The third-order valence-corrected chi connectivity index (χ3v) is 2.43. The Labute approximate surface area is 103 Å². The molecule has 1 aromatic heterocycles. The summed E-state index contributed by atoms with van der Waals surface area (Å²) < 4.78 is 0.528. The minimum atomic E-state index is -0.521. The largest absolute Gasteiger partial charge is 0.619 e. The molecule has 0 aliphatic heterocycles. The molecule has 0 aliphatic rings. The van der Waals surface area contributed by atoms with E-state index in [1.165, 1.54) is 6.07 Å². The molecule has 1 N–H and O–H groups in total. The predicted octanol–water partition coefficient (Wildman–Crippen LogP) is 1.84. The van der Waals surface area contributed by atoms with Crippen LogP contribution in [0.3, 0.4) is 0 Å². The summed E-state index contributed by atoms with van der Waals surface area (Å²) in [4.78, 5) is 10.3. The Bertz CT molecular complexity index is 558. The van der Waals surface area contributed by atoms with Crippen LogP contribution in [0.1, 0.15) is 5.56 Å². The van der Waals surface area contributed by atoms with Crippen LogP contribution in [0.25, 0.3) is 0 Å². The van der Waals surface area contributed by atoms with Gasteiger partial charge in [-0.05, 0) is 5.56 Å². The second-order valence-electron chi connectivity index (χ2n) is 3.70. The molecule has 0 fully saturated rings. The molecule has 0 saturated heterocycles. The highest BCUT2D eigenvalue weighted by Gasteiger charge is 2.16. The van der Waals surface area contributed by atoms with Gasteiger partial charge < -0.3 is 10.5 Å². The molecule has 92 valence electrons. The van der Waals surface area contributed by atoms with E-state index in [2.05, 4.69) is 5.32 Å². The maximum Gasteiger partial charge on any atom is 0.304 e. The molecule has 0 bridgehead atoms. The van der Waals surface area contributed by atoms with Crippen LogP contribution in [0.5, 0.6) is 0 Å². The summed E-state index contributed by atoms with van der Waals surface area (Å²) in [5.41, 5.74) is 1.08. The van der Waals surface area contributed by atoms with Crippen molar-refractivity contribution >= 4 is 11.4 Å². The summed E-state index contributed by atoms with van der Waals surface area (Å²) in [5, 5.41) is 24.8. The Hall–Kier alpha value is -2.63. The first-order valence-corrected chi connectivity index (χ1v) is 5.32. The number of pyridine rings is 1. The van der Waals surface area contributed by atoms with E-state index in [1.807, 2.05) is 30.3 Å². The van der Waals surface area contributed by atoms with Crippen LogP contribution < -0.4 is 10.0 Å². The normalized spacial score (nSPS) is 10.0. The van der Waals surface area contributed by atoms with Gasteiger partial charge in [0.15, 0.2) is 11.9 Å². The lowest BCUT2D eigenvalue weighted by Crippen LogP contribution is -2.25. The number of hydrogen-bond acceptors (Lipinski definition) is 4. The number of aromatic nitrogens is 1. The highest BCUT2D eigenvalue weighted by atomic mass is 16.6. The first-order chi connectivity index (χ1) is 8.66. The molecule has 0 radical (unpaired) electrons. The molecule has 0 unspecified atom stereocenters. The van der Waals surface area contributed by atoms with Crippen LogP contribution in [0.4, 0.5) is 11.4 Å². The van der Waals surface area contributed by atoms with Crippen LogP contribution in [0, 0.1) is 15.3 Å². The highest BCUT2D eigenvalue weighted by Crippen LogP contribution is 2.21. The number of nitro groups is 1. The fourth-order valence-electron chi connectivity index (χ4n) is 1.56. The molecule has 6 heteroatoms. The average molecular weight is 245 g/mol. The SMILES string of the molecule is O=[N+]([O-])c1cc[n+]([O-])cc1NCc1ccccc1. The van der Waals surface area contributed by atoms with Crippen molar-refractivity contribution in [3.8, 4) is 0 Å². The van der Waals surface area contributed by atoms with Gasteiger partial charge in [0, 0.05) is 6.54 Å². The Morgan fingerprint density at radius 2 is 1.94 bits per heavy atom. The van der Waals surface area contributed by atoms with Crippen molar-refractivity contribution in [2.24, 2.45) is 0 Å². The molecule has 0 aliphatic carbocycles. The molecule has 2 aromatic rings. The van der Waals surface area contributed by atoms with E-state index in [-0.39, 0.29) is 11.4 Å². The highest BCUT2D eigenvalue weighted by molar-refractivity contribution is 5.58. The van der Waals surface area contributed by atoms with Gasteiger partial charge in [-0.15, -0.1) is 0 Å². The second kappa shape index (κ2) is 5.13. The summed E-state index contributed by atoms with van der Waals surface area (Å²) in [5.74, 6) is 0. The van der Waals surface area contributed by atoms with Crippen LogP contribution in [-0.4, -0.2) is 4.92 Å². The Balaban J connectivity index is 2.18. The molecule has 1 aromatic carbocycles. The maximum atomic E-state index is 11.1. The van der Waals surface area contributed by atoms with Crippen molar-refractivity contribution in [2.45, 2.75) is 6.54 Å². The maximum absolute atomic E-state index is 11.1. The first kappa shape index (κ1) is 11.8. The molecule has 0 atom stereocenters. The van der Waals surface area contributed by atoms with Gasteiger partial charge in [-0.1, -0.05) is 30.3 Å². The molecule has 0 spiro atoms. The van der Waals surface area contributed by atoms with E-state index in [4.69, 9.17) is 0 Å². The molecule has 18 heavy (non-hydrogen) atoms. The topological polar surface area (TPSA) is 82.1 Å². The second-order valence-corrected chi connectivity index (χ2v) is 3.70. The molecular weight excluding hydrogens is 234 g/mol. The zero-order valence-corrected chi connectivity index (χ0v) is 9.45. The van der Waals surface area contributed by atoms with Gasteiger partial charge in [0.25, 0.3) is 0 Å². The average Bonchev–Trinajstić information content (AvgIpc) is 2.37. The Morgan fingerprint density at radius 3 is 2.61 bits per heavy atom. The minimum absolute atomic E-state index is 0.113. The quantitative estimate of drug-likeness (QED) is 0.385. The van der Waals surface area contributed by atoms with E-state index >= 15 is 0 Å².